The highest BCUT2D eigenvalue weighted by Crippen LogP contribution is 2.43. The van der Waals surface area contributed by atoms with Crippen molar-refractivity contribution < 1.29 is 9.59 Å². The van der Waals surface area contributed by atoms with E-state index in [9.17, 15) is 9.59 Å². The second kappa shape index (κ2) is 8.56. The maximum Gasteiger partial charge on any atom is 0.230 e. The van der Waals surface area contributed by atoms with Crippen molar-refractivity contribution in [3.63, 3.8) is 0 Å². The highest BCUT2D eigenvalue weighted by atomic mass is 32.1. The van der Waals surface area contributed by atoms with Crippen LogP contribution in [-0.2, 0) is 16.0 Å². The second-order valence-electron chi connectivity index (χ2n) is 8.32. The van der Waals surface area contributed by atoms with Crippen LogP contribution in [0.15, 0.2) is 54.7 Å². The third-order valence-electron chi connectivity index (χ3n) is 6.05. The van der Waals surface area contributed by atoms with Gasteiger partial charge in [-0.05, 0) is 60.6 Å². The summed E-state index contributed by atoms with van der Waals surface area (Å²) < 4.78 is 0. The Bertz CT molecular complexity index is 1220. The van der Waals surface area contributed by atoms with Gasteiger partial charge in [-0.3, -0.25) is 9.59 Å². The zero-order valence-electron chi connectivity index (χ0n) is 17.5. The molecule has 2 fully saturated rings. The van der Waals surface area contributed by atoms with Gasteiger partial charge in [0.15, 0.2) is 0 Å². The Morgan fingerprint density at radius 1 is 1.19 bits per heavy atom. The van der Waals surface area contributed by atoms with Crippen LogP contribution in [0.1, 0.15) is 29.7 Å². The van der Waals surface area contributed by atoms with Crippen LogP contribution in [-0.4, -0.2) is 23.3 Å². The van der Waals surface area contributed by atoms with E-state index in [2.05, 4.69) is 16.4 Å². The molecule has 1 aliphatic heterocycles. The van der Waals surface area contributed by atoms with E-state index >= 15 is 0 Å². The molecule has 1 N–H and O–H groups in total. The maximum absolute atomic E-state index is 12.7. The van der Waals surface area contributed by atoms with Crippen molar-refractivity contribution in [3.8, 4) is 16.5 Å². The molecule has 1 aromatic carbocycles. The number of carbonyl (C=O) groups is 2. The molecule has 2 aliphatic rings. The number of thiophene rings is 1. The molecule has 2 aromatic heterocycles. The van der Waals surface area contributed by atoms with E-state index in [1.165, 1.54) is 11.3 Å². The smallest absolute Gasteiger partial charge is 0.230 e. The van der Waals surface area contributed by atoms with Crippen LogP contribution in [0.2, 0.25) is 0 Å². The van der Waals surface area contributed by atoms with Crippen molar-refractivity contribution in [1.29, 1.82) is 5.26 Å². The summed E-state index contributed by atoms with van der Waals surface area (Å²) in [6.45, 7) is 0.723. The summed E-state index contributed by atoms with van der Waals surface area (Å²) in [7, 11) is 0. The quantitative estimate of drug-likeness (QED) is 0.603. The predicted octanol–water partition coefficient (Wildman–Crippen LogP) is 4.63. The van der Waals surface area contributed by atoms with Crippen molar-refractivity contribution in [3.05, 3.63) is 65.2 Å². The number of anilines is 2. The van der Waals surface area contributed by atoms with E-state index in [-0.39, 0.29) is 24.2 Å². The molecule has 0 bridgehead atoms. The van der Waals surface area contributed by atoms with E-state index < -0.39 is 0 Å². The molecule has 2 amide bonds. The summed E-state index contributed by atoms with van der Waals surface area (Å²) in [6, 6.07) is 17.2. The number of aromatic nitrogens is 1. The zero-order chi connectivity index (χ0) is 22.1. The zero-order valence-corrected chi connectivity index (χ0v) is 18.3. The number of hydrogen-bond acceptors (Lipinski definition) is 5. The Balaban J connectivity index is 1.25. The molecule has 32 heavy (non-hydrogen) atoms. The number of nitrogens with zero attached hydrogens (tertiary/aromatic N) is 3. The van der Waals surface area contributed by atoms with Crippen LogP contribution < -0.4 is 10.2 Å². The van der Waals surface area contributed by atoms with Gasteiger partial charge in [0.05, 0.1) is 6.42 Å². The minimum Gasteiger partial charge on any atom is -0.312 e. The lowest BCUT2D eigenvalue weighted by Gasteiger charge is -2.17. The molecular weight excluding hydrogens is 420 g/mol. The number of benzene rings is 1. The largest absolute Gasteiger partial charge is 0.312 e. The van der Waals surface area contributed by atoms with E-state index in [0.717, 1.165) is 47.5 Å². The summed E-state index contributed by atoms with van der Waals surface area (Å²) in [5, 5.41) is 11.9. The van der Waals surface area contributed by atoms with Gasteiger partial charge in [-0.25, -0.2) is 4.98 Å². The first-order valence-corrected chi connectivity index (χ1v) is 11.6. The van der Waals surface area contributed by atoms with Gasteiger partial charge < -0.3 is 10.2 Å². The van der Waals surface area contributed by atoms with Crippen LogP contribution in [0.3, 0.4) is 0 Å². The van der Waals surface area contributed by atoms with E-state index in [1.54, 1.807) is 18.3 Å². The van der Waals surface area contributed by atoms with Gasteiger partial charge in [-0.1, -0.05) is 18.2 Å². The lowest BCUT2D eigenvalue weighted by molar-refractivity contribution is -0.121. The van der Waals surface area contributed by atoms with Crippen LogP contribution in [0.4, 0.5) is 11.5 Å². The average molecular weight is 443 g/mol. The minimum absolute atomic E-state index is 0.154. The molecule has 160 valence electrons. The lowest BCUT2D eigenvalue weighted by Crippen LogP contribution is -2.27. The fourth-order valence-electron chi connectivity index (χ4n) is 4.31. The summed E-state index contributed by atoms with van der Waals surface area (Å²) in [6.07, 6.45) is 5.07. The topological polar surface area (TPSA) is 86.1 Å². The van der Waals surface area contributed by atoms with Gasteiger partial charge in [0.25, 0.3) is 0 Å². The Kier molecular flexibility index (Phi) is 5.46. The van der Waals surface area contributed by atoms with Crippen molar-refractivity contribution in [2.24, 2.45) is 11.8 Å². The first-order chi connectivity index (χ1) is 15.6. The monoisotopic (exact) mass is 442 g/mol. The van der Waals surface area contributed by atoms with Gasteiger partial charge in [-0.15, -0.1) is 11.3 Å². The lowest BCUT2D eigenvalue weighted by atomic mass is 10.0. The third-order valence-corrected chi connectivity index (χ3v) is 7.09. The van der Waals surface area contributed by atoms with Crippen LogP contribution in [0, 0.1) is 23.2 Å². The Labute approximate surface area is 190 Å². The molecule has 7 heteroatoms. The maximum atomic E-state index is 12.7. The van der Waals surface area contributed by atoms with Crippen molar-refractivity contribution in [2.45, 2.75) is 25.7 Å². The predicted molar refractivity (Wildman–Crippen MR) is 124 cm³/mol. The average Bonchev–Trinajstić information content (AvgIpc) is 3.38. The minimum atomic E-state index is -0.167. The molecule has 1 unspecified atom stereocenters. The van der Waals surface area contributed by atoms with Gasteiger partial charge in [0, 0.05) is 35.3 Å². The molecule has 6 nitrogen and oxygen atoms in total. The summed E-state index contributed by atoms with van der Waals surface area (Å²) in [4.78, 5) is 33.1. The fourth-order valence-corrected chi connectivity index (χ4v) is 5.11. The van der Waals surface area contributed by atoms with Gasteiger partial charge >= 0.3 is 0 Å². The Hall–Kier alpha value is -3.50. The van der Waals surface area contributed by atoms with Crippen molar-refractivity contribution in [1.82, 2.24) is 4.98 Å². The number of nitriles is 1. The molecule has 3 heterocycles. The first kappa shape index (κ1) is 20.4. The third kappa shape index (κ3) is 4.27. The summed E-state index contributed by atoms with van der Waals surface area (Å²) in [5.41, 5.74) is 2.65. The molecule has 1 saturated heterocycles. The number of amides is 2. The first-order valence-electron chi connectivity index (χ1n) is 10.8. The van der Waals surface area contributed by atoms with E-state index in [0.29, 0.717) is 16.6 Å². The van der Waals surface area contributed by atoms with Crippen LogP contribution in [0.5, 0.6) is 0 Å². The molecule has 1 atom stereocenters. The molecule has 1 saturated carbocycles. The standard InChI is InChI=1S/C25H22N4O2S/c26-15-20-6-7-22(32-20)18-3-1-2-16(12-18)13-24(30)28-23-14-19(8-10-27-23)29-11-9-21(25(29)31)17-4-5-17/h1-3,6-8,10,12,14,17,21H,4-5,9,11,13H2,(H,27,28,30). The van der Waals surface area contributed by atoms with E-state index in [1.807, 2.05) is 41.3 Å². The highest BCUT2D eigenvalue weighted by molar-refractivity contribution is 7.16. The summed E-state index contributed by atoms with van der Waals surface area (Å²) >= 11 is 1.43. The number of carbonyl (C=O) groups excluding carboxylic acids is 2. The second-order valence-corrected chi connectivity index (χ2v) is 9.41. The van der Waals surface area contributed by atoms with Gasteiger partial charge in [0.2, 0.25) is 11.8 Å². The van der Waals surface area contributed by atoms with Crippen molar-refractivity contribution in [2.75, 3.05) is 16.8 Å². The van der Waals surface area contributed by atoms with Crippen molar-refractivity contribution >= 4 is 34.7 Å². The van der Waals surface area contributed by atoms with Crippen LogP contribution >= 0.6 is 11.3 Å². The fraction of sp³-hybridized carbons (Fsp3) is 0.280. The SMILES string of the molecule is N#Cc1ccc(-c2cccc(CC(=O)Nc3cc(N4CCC(C5CC5)C4=O)ccn3)c2)s1. The molecule has 0 spiro atoms. The van der Waals surface area contributed by atoms with Gasteiger partial charge in [0.1, 0.15) is 16.8 Å². The van der Waals surface area contributed by atoms with Crippen LogP contribution in [0.25, 0.3) is 10.4 Å². The number of rotatable bonds is 6. The molecule has 1 aliphatic carbocycles. The molecule has 0 radical (unpaired) electrons. The Morgan fingerprint density at radius 2 is 2.06 bits per heavy atom. The number of nitrogens with one attached hydrogen (secondary N) is 1. The Morgan fingerprint density at radius 3 is 2.84 bits per heavy atom. The van der Waals surface area contributed by atoms with Gasteiger partial charge in [-0.2, -0.15) is 5.26 Å². The normalized spacial score (nSPS) is 17.9. The summed E-state index contributed by atoms with van der Waals surface area (Å²) in [5.74, 6) is 1.19. The highest BCUT2D eigenvalue weighted by Gasteiger charge is 2.42. The molecule has 3 aromatic rings. The molecule has 5 rings (SSSR count). The number of hydrogen-bond donors (Lipinski definition) is 1. The number of pyridine rings is 1. The van der Waals surface area contributed by atoms with E-state index in [4.69, 9.17) is 5.26 Å². The molecular formula is C25H22N4O2S.